The summed E-state index contributed by atoms with van der Waals surface area (Å²) in [5, 5.41) is 11.2. The summed E-state index contributed by atoms with van der Waals surface area (Å²) in [6, 6.07) is 14.4. The van der Waals surface area contributed by atoms with E-state index in [1.165, 1.54) is 10.8 Å². The monoisotopic (exact) mass is 245 g/mol. The quantitative estimate of drug-likeness (QED) is 0.767. The van der Waals surface area contributed by atoms with Crippen LogP contribution in [-0.4, -0.2) is 24.9 Å². The molecule has 0 aliphatic carbocycles. The second-order valence-corrected chi connectivity index (χ2v) is 4.24. The largest absolute Gasteiger partial charge is 0.396 e. The van der Waals surface area contributed by atoms with Crippen molar-refractivity contribution in [2.24, 2.45) is 5.73 Å². The summed E-state index contributed by atoms with van der Waals surface area (Å²) in [4.78, 5) is 0. The second kappa shape index (κ2) is 6.50. The first-order chi connectivity index (χ1) is 8.86. The van der Waals surface area contributed by atoms with Crippen LogP contribution in [0.15, 0.2) is 42.5 Å². The highest BCUT2D eigenvalue weighted by atomic mass is 16.5. The van der Waals surface area contributed by atoms with Crippen LogP contribution >= 0.6 is 0 Å². The molecule has 0 saturated carbocycles. The first kappa shape index (κ1) is 13.0. The van der Waals surface area contributed by atoms with Gasteiger partial charge in [0, 0.05) is 19.8 Å². The summed E-state index contributed by atoms with van der Waals surface area (Å²) in [7, 11) is 0. The molecule has 0 bridgehead atoms. The van der Waals surface area contributed by atoms with E-state index in [1.54, 1.807) is 0 Å². The van der Waals surface area contributed by atoms with Crippen LogP contribution in [0.5, 0.6) is 0 Å². The van der Waals surface area contributed by atoms with Gasteiger partial charge in [0.05, 0.1) is 6.10 Å². The molecule has 2 aromatic rings. The molecule has 0 aliphatic rings. The lowest BCUT2D eigenvalue weighted by atomic mass is 10.0. The Morgan fingerprint density at radius 2 is 1.89 bits per heavy atom. The molecule has 0 spiro atoms. The standard InChI is InChI=1S/C15H19NO2/c16-11-15(18-10-4-9-17)14-8-3-6-12-5-1-2-7-13(12)14/h1-3,5-8,15,17H,4,9-11,16H2. The molecule has 3 heteroatoms. The van der Waals surface area contributed by atoms with Crippen molar-refractivity contribution in [1.29, 1.82) is 0 Å². The third-order valence-corrected chi connectivity index (χ3v) is 3.01. The van der Waals surface area contributed by atoms with Gasteiger partial charge in [-0.1, -0.05) is 42.5 Å². The predicted octanol–water partition coefficient (Wildman–Crippen LogP) is 2.24. The molecule has 0 fully saturated rings. The number of nitrogens with two attached hydrogens (primary N) is 1. The summed E-state index contributed by atoms with van der Waals surface area (Å²) in [5.74, 6) is 0. The lowest BCUT2D eigenvalue weighted by molar-refractivity contribution is 0.0497. The molecule has 0 heterocycles. The van der Waals surface area contributed by atoms with Gasteiger partial charge in [-0.3, -0.25) is 0 Å². The predicted molar refractivity (Wildman–Crippen MR) is 73.4 cm³/mol. The highest BCUT2D eigenvalue weighted by molar-refractivity contribution is 5.86. The third kappa shape index (κ3) is 2.88. The van der Waals surface area contributed by atoms with E-state index in [2.05, 4.69) is 24.3 Å². The summed E-state index contributed by atoms with van der Waals surface area (Å²) in [6.45, 7) is 1.12. The molecule has 2 aromatic carbocycles. The molecule has 1 atom stereocenters. The van der Waals surface area contributed by atoms with Crippen molar-refractivity contribution in [1.82, 2.24) is 0 Å². The second-order valence-electron chi connectivity index (χ2n) is 4.24. The molecule has 96 valence electrons. The Bertz CT molecular complexity index is 493. The molecule has 2 rings (SSSR count). The Labute approximate surface area is 107 Å². The van der Waals surface area contributed by atoms with Gasteiger partial charge in [-0.05, 0) is 22.8 Å². The first-order valence-electron chi connectivity index (χ1n) is 6.27. The number of aliphatic hydroxyl groups excluding tert-OH is 1. The van der Waals surface area contributed by atoms with Gasteiger partial charge in [0.2, 0.25) is 0 Å². The molecule has 0 saturated heterocycles. The average molecular weight is 245 g/mol. The van der Waals surface area contributed by atoms with Crippen LogP contribution in [-0.2, 0) is 4.74 Å². The van der Waals surface area contributed by atoms with E-state index in [0.29, 0.717) is 19.6 Å². The Kier molecular flexibility index (Phi) is 4.70. The number of hydrogen-bond donors (Lipinski definition) is 2. The Morgan fingerprint density at radius 3 is 2.67 bits per heavy atom. The maximum Gasteiger partial charge on any atom is 0.0953 e. The van der Waals surface area contributed by atoms with E-state index in [1.807, 2.05) is 18.2 Å². The van der Waals surface area contributed by atoms with Gasteiger partial charge >= 0.3 is 0 Å². The minimum Gasteiger partial charge on any atom is -0.396 e. The van der Waals surface area contributed by atoms with Gasteiger partial charge < -0.3 is 15.6 Å². The zero-order chi connectivity index (χ0) is 12.8. The number of benzene rings is 2. The van der Waals surface area contributed by atoms with E-state index >= 15 is 0 Å². The van der Waals surface area contributed by atoms with Gasteiger partial charge in [0.15, 0.2) is 0 Å². The number of rotatable bonds is 6. The van der Waals surface area contributed by atoms with E-state index in [0.717, 1.165) is 5.56 Å². The lowest BCUT2D eigenvalue weighted by Crippen LogP contribution is -2.17. The SMILES string of the molecule is NCC(OCCCO)c1cccc2ccccc12. The third-order valence-electron chi connectivity index (χ3n) is 3.01. The van der Waals surface area contributed by atoms with Crippen molar-refractivity contribution in [3.63, 3.8) is 0 Å². The molecule has 18 heavy (non-hydrogen) atoms. The van der Waals surface area contributed by atoms with Crippen molar-refractivity contribution in [2.45, 2.75) is 12.5 Å². The van der Waals surface area contributed by atoms with Crippen LogP contribution in [0.25, 0.3) is 10.8 Å². The van der Waals surface area contributed by atoms with Gasteiger partial charge in [0.25, 0.3) is 0 Å². The van der Waals surface area contributed by atoms with Crippen LogP contribution in [0.4, 0.5) is 0 Å². The maximum atomic E-state index is 8.78. The minimum atomic E-state index is -0.109. The van der Waals surface area contributed by atoms with Crippen molar-refractivity contribution in [3.8, 4) is 0 Å². The van der Waals surface area contributed by atoms with Crippen LogP contribution in [0.3, 0.4) is 0 Å². The Balaban J connectivity index is 2.27. The summed E-state index contributed by atoms with van der Waals surface area (Å²) >= 11 is 0. The van der Waals surface area contributed by atoms with Gasteiger partial charge in [-0.2, -0.15) is 0 Å². The number of hydrogen-bond acceptors (Lipinski definition) is 3. The summed E-state index contributed by atoms with van der Waals surface area (Å²) in [5.41, 5.74) is 6.91. The molecule has 0 aromatic heterocycles. The van der Waals surface area contributed by atoms with Gasteiger partial charge in [-0.15, -0.1) is 0 Å². The van der Waals surface area contributed by atoms with Crippen LogP contribution in [0.2, 0.25) is 0 Å². The molecule has 0 amide bonds. The smallest absolute Gasteiger partial charge is 0.0953 e. The molecule has 1 unspecified atom stereocenters. The molecule has 3 nitrogen and oxygen atoms in total. The van der Waals surface area contributed by atoms with Crippen LogP contribution in [0, 0.1) is 0 Å². The van der Waals surface area contributed by atoms with E-state index in [4.69, 9.17) is 15.6 Å². The fourth-order valence-electron chi connectivity index (χ4n) is 2.11. The van der Waals surface area contributed by atoms with E-state index in [9.17, 15) is 0 Å². The van der Waals surface area contributed by atoms with Crippen molar-refractivity contribution < 1.29 is 9.84 Å². The maximum absolute atomic E-state index is 8.78. The average Bonchev–Trinajstić information content (AvgIpc) is 2.43. The fraction of sp³-hybridized carbons (Fsp3) is 0.333. The zero-order valence-corrected chi connectivity index (χ0v) is 10.4. The first-order valence-corrected chi connectivity index (χ1v) is 6.27. The zero-order valence-electron chi connectivity index (χ0n) is 10.4. The van der Waals surface area contributed by atoms with Crippen molar-refractivity contribution in [2.75, 3.05) is 19.8 Å². The van der Waals surface area contributed by atoms with Gasteiger partial charge in [0.1, 0.15) is 0 Å². The van der Waals surface area contributed by atoms with Crippen LogP contribution < -0.4 is 5.73 Å². The normalized spacial score (nSPS) is 12.8. The van der Waals surface area contributed by atoms with Crippen molar-refractivity contribution >= 4 is 10.8 Å². The molecule has 3 N–H and O–H groups in total. The molecule has 0 aliphatic heterocycles. The Hall–Kier alpha value is -1.42. The lowest BCUT2D eigenvalue weighted by Gasteiger charge is -2.18. The molecular weight excluding hydrogens is 226 g/mol. The number of ether oxygens (including phenoxy) is 1. The summed E-state index contributed by atoms with van der Waals surface area (Å²) in [6.07, 6.45) is 0.531. The topological polar surface area (TPSA) is 55.5 Å². The minimum absolute atomic E-state index is 0.109. The van der Waals surface area contributed by atoms with E-state index < -0.39 is 0 Å². The summed E-state index contributed by atoms with van der Waals surface area (Å²) < 4.78 is 5.74. The van der Waals surface area contributed by atoms with Crippen LogP contribution in [0.1, 0.15) is 18.1 Å². The molecular formula is C15H19NO2. The van der Waals surface area contributed by atoms with Gasteiger partial charge in [-0.25, -0.2) is 0 Å². The highest BCUT2D eigenvalue weighted by Gasteiger charge is 2.12. The highest BCUT2D eigenvalue weighted by Crippen LogP contribution is 2.26. The molecule has 0 radical (unpaired) electrons. The van der Waals surface area contributed by atoms with Crippen molar-refractivity contribution in [3.05, 3.63) is 48.0 Å². The van der Waals surface area contributed by atoms with E-state index in [-0.39, 0.29) is 12.7 Å². The number of fused-ring (bicyclic) bond motifs is 1. The fourth-order valence-corrected chi connectivity index (χ4v) is 2.11. The Morgan fingerprint density at radius 1 is 1.11 bits per heavy atom. The number of aliphatic hydroxyl groups is 1.